The van der Waals surface area contributed by atoms with Gasteiger partial charge in [0.2, 0.25) is 6.29 Å². The zero-order valence-corrected chi connectivity index (χ0v) is 6.20. The van der Waals surface area contributed by atoms with Crippen LogP contribution in [0.15, 0.2) is 12.1 Å². The SMILES string of the molecule is CC(=O)c1ccc([C]=O)s1. The number of hydrogen-bond acceptors (Lipinski definition) is 3. The molecule has 0 aliphatic heterocycles. The molecule has 0 unspecified atom stereocenters. The Kier molecular flexibility index (Phi) is 1.97. The van der Waals surface area contributed by atoms with Crippen molar-refractivity contribution in [3.63, 3.8) is 0 Å². The first-order valence-electron chi connectivity index (χ1n) is 2.73. The van der Waals surface area contributed by atoms with Crippen LogP contribution >= 0.6 is 11.3 Å². The van der Waals surface area contributed by atoms with Crippen LogP contribution in [0.2, 0.25) is 0 Å². The summed E-state index contributed by atoms with van der Waals surface area (Å²) in [7, 11) is 0. The Hall–Kier alpha value is -0.960. The summed E-state index contributed by atoms with van der Waals surface area (Å²) >= 11 is 1.17. The van der Waals surface area contributed by atoms with Crippen molar-refractivity contribution in [3.8, 4) is 0 Å². The monoisotopic (exact) mass is 153 g/mol. The highest BCUT2D eigenvalue weighted by Gasteiger charge is 2.02. The van der Waals surface area contributed by atoms with Crippen LogP contribution in [0.25, 0.3) is 0 Å². The number of hydrogen-bond donors (Lipinski definition) is 0. The molecule has 10 heavy (non-hydrogen) atoms. The first kappa shape index (κ1) is 7.15. The molecule has 0 bridgehead atoms. The van der Waals surface area contributed by atoms with Gasteiger partial charge >= 0.3 is 0 Å². The molecule has 1 radical (unpaired) electrons. The van der Waals surface area contributed by atoms with Crippen molar-refractivity contribution in [1.82, 2.24) is 0 Å². The number of carbonyl (C=O) groups is 1. The van der Waals surface area contributed by atoms with Gasteiger partial charge in [0.1, 0.15) is 0 Å². The summed E-state index contributed by atoms with van der Waals surface area (Å²) < 4.78 is 0. The molecule has 51 valence electrons. The fraction of sp³-hybridized carbons (Fsp3) is 0.143. The van der Waals surface area contributed by atoms with Gasteiger partial charge < -0.3 is 0 Å². The summed E-state index contributed by atoms with van der Waals surface area (Å²) in [6.07, 6.45) is 1.72. The predicted molar refractivity (Wildman–Crippen MR) is 39.1 cm³/mol. The standard InChI is InChI=1S/C7H5O2S/c1-5(9)7-3-2-6(4-8)10-7/h2-3H,1H3. The van der Waals surface area contributed by atoms with E-state index < -0.39 is 0 Å². The lowest BCUT2D eigenvalue weighted by molar-refractivity contribution is 0.102. The lowest BCUT2D eigenvalue weighted by atomic mass is 10.3. The van der Waals surface area contributed by atoms with Gasteiger partial charge in [-0.05, 0) is 19.1 Å². The van der Waals surface area contributed by atoms with Gasteiger partial charge in [-0.15, -0.1) is 11.3 Å². The summed E-state index contributed by atoms with van der Waals surface area (Å²) in [6.45, 7) is 1.47. The number of thiophene rings is 1. The van der Waals surface area contributed by atoms with E-state index in [0.29, 0.717) is 9.75 Å². The van der Waals surface area contributed by atoms with Crippen LogP contribution in [0, 0.1) is 0 Å². The average molecular weight is 153 g/mol. The van der Waals surface area contributed by atoms with E-state index in [0.717, 1.165) is 0 Å². The van der Waals surface area contributed by atoms with E-state index in [1.54, 1.807) is 18.4 Å². The van der Waals surface area contributed by atoms with Crippen molar-refractivity contribution in [2.45, 2.75) is 6.92 Å². The van der Waals surface area contributed by atoms with Gasteiger partial charge in [0.05, 0.1) is 9.75 Å². The second-order valence-electron chi connectivity index (χ2n) is 1.82. The van der Waals surface area contributed by atoms with Crippen LogP contribution in [0.3, 0.4) is 0 Å². The van der Waals surface area contributed by atoms with Gasteiger partial charge in [-0.25, -0.2) is 0 Å². The van der Waals surface area contributed by atoms with Gasteiger partial charge in [-0.2, -0.15) is 0 Å². The first-order chi connectivity index (χ1) is 4.74. The maximum Gasteiger partial charge on any atom is 0.244 e. The zero-order valence-electron chi connectivity index (χ0n) is 5.38. The number of ketones is 1. The first-order valence-corrected chi connectivity index (χ1v) is 3.54. The van der Waals surface area contributed by atoms with E-state index in [-0.39, 0.29) is 5.78 Å². The molecule has 1 aromatic heterocycles. The molecule has 0 atom stereocenters. The molecule has 2 nitrogen and oxygen atoms in total. The molecule has 1 heterocycles. The van der Waals surface area contributed by atoms with Gasteiger partial charge in [-0.3, -0.25) is 9.59 Å². The minimum Gasteiger partial charge on any atom is -0.294 e. The molecule has 0 saturated heterocycles. The summed E-state index contributed by atoms with van der Waals surface area (Å²) in [5.74, 6) is -0.00787. The van der Waals surface area contributed by atoms with Crippen molar-refractivity contribution in [2.75, 3.05) is 0 Å². The third-order valence-corrected chi connectivity index (χ3v) is 2.14. The molecule has 1 rings (SSSR count). The number of Topliss-reactive ketones (excluding diaryl/α,β-unsaturated/α-hetero) is 1. The van der Waals surface area contributed by atoms with Crippen LogP contribution < -0.4 is 0 Å². The van der Waals surface area contributed by atoms with E-state index in [1.165, 1.54) is 18.3 Å². The molecule has 0 aliphatic carbocycles. The van der Waals surface area contributed by atoms with Crippen LogP contribution in [0.1, 0.15) is 21.5 Å². The number of rotatable bonds is 2. The molecular weight excluding hydrogens is 148 g/mol. The normalized spacial score (nSPS) is 9.30. The van der Waals surface area contributed by atoms with Gasteiger partial charge in [-0.1, -0.05) is 0 Å². The highest BCUT2D eigenvalue weighted by Crippen LogP contribution is 2.14. The third-order valence-electron chi connectivity index (χ3n) is 1.05. The fourth-order valence-electron chi connectivity index (χ4n) is 0.582. The van der Waals surface area contributed by atoms with E-state index in [1.807, 2.05) is 0 Å². The lowest BCUT2D eigenvalue weighted by Crippen LogP contribution is -1.83. The van der Waals surface area contributed by atoms with Crippen molar-refractivity contribution < 1.29 is 9.59 Å². The Morgan fingerprint density at radius 1 is 1.60 bits per heavy atom. The molecule has 0 N–H and O–H groups in total. The maximum absolute atomic E-state index is 10.7. The topological polar surface area (TPSA) is 34.1 Å². The molecule has 0 fully saturated rings. The number of carbonyl (C=O) groups excluding carboxylic acids is 2. The van der Waals surface area contributed by atoms with Gasteiger partial charge in [0.15, 0.2) is 5.78 Å². The Morgan fingerprint density at radius 3 is 2.60 bits per heavy atom. The van der Waals surface area contributed by atoms with Crippen molar-refractivity contribution in [1.29, 1.82) is 0 Å². The minimum atomic E-state index is -0.00787. The Morgan fingerprint density at radius 2 is 2.30 bits per heavy atom. The van der Waals surface area contributed by atoms with Gasteiger partial charge in [0, 0.05) is 0 Å². The second-order valence-corrected chi connectivity index (χ2v) is 2.91. The largest absolute Gasteiger partial charge is 0.294 e. The summed E-state index contributed by atoms with van der Waals surface area (Å²) in [5.41, 5.74) is 0. The van der Waals surface area contributed by atoms with Crippen LogP contribution in [-0.4, -0.2) is 12.1 Å². The molecule has 1 aromatic rings. The van der Waals surface area contributed by atoms with Crippen molar-refractivity contribution >= 4 is 23.4 Å². The van der Waals surface area contributed by atoms with E-state index >= 15 is 0 Å². The molecule has 0 aromatic carbocycles. The lowest BCUT2D eigenvalue weighted by Gasteiger charge is -1.80. The highest BCUT2D eigenvalue weighted by atomic mass is 32.1. The average Bonchev–Trinajstić information content (AvgIpc) is 2.34. The quantitative estimate of drug-likeness (QED) is 0.602. The summed E-state index contributed by atoms with van der Waals surface area (Å²) in [6, 6.07) is 3.22. The van der Waals surface area contributed by atoms with E-state index in [4.69, 9.17) is 0 Å². The minimum absolute atomic E-state index is 0.00787. The summed E-state index contributed by atoms with van der Waals surface area (Å²) in [5, 5.41) is 0. The van der Waals surface area contributed by atoms with Crippen molar-refractivity contribution in [3.05, 3.63) is 21.9 Å². The van der Waals surface area contributed by atoms with E-state index in [9.17, 15) is 9.59 Å². The summed E-state index contributed by atoms with van der Waals surface area (Å²) in [4.78, 5) is 21.8. The van der Waals surface area contributed by atoms with E-state index in [2.05, 4.69) is 0 Å². The van der Waals surface area contributed by atoms with Crippen LogP contribution in [0.4, 0.5) is 0 Å². The molecule has 0 saturated carbocycles. The fourth-order valence-corrected chi connectivity index (χ4v) is 1.28. The Labute approximate surface area is 62.5 Å². The highest BCUT2D eigenvalue weighted by molar-refractivity contribution is 7.15. The second kappa shape index (κ2) is 2.75. The molecule has 0 aliphatic rings. The molecular formula is C7H5O2S. The Bertz CT molecular complexity index is 262. The predicted octanol–water partition coefficient (Wildman–Crippen LogP) is 1.41. The molecule has 0 spiro atoms. The van der Waals surface area contributed by atoms with Crippen molar-refractivity contribution in [2.24, 2.45) is 0 Å². The maximum atomic E-state index is 10.7. The Balaban J connectivity index is 2.98. The molecule has 0 amide bonds. The smallest absolute Gasteiger partial charge is 0.244 e. The zero-order chi connectivity index (χ0) is 7.56. The van der Waals surface area contributed by atoms with Crippen LogP contribution in [0.5, 0.6) is 0 Å². The molecule has 3 heteroatoms. The van der Waals surface area contributed by atoms with Gasteiger partial charge in [0.25, 0.3) is 0 Å². The van der Waals surface area contributed by atoms with Crippen LogP contribution in [-0.2, 0) is 4.79 Å². The third kappa shape index (κ3) is 1.30.